The third-order valence-corrected chi connectivity index (χ3v) is 5.14. The second-order valence-corrected chi connectivity index (χ2v) is 7.32. The predicted octanol–water partition coefficient (Wildman–Crippen LogP) is 4.22. The van der Waals surface area contributed by atoms with Crippen molar-refractivity contribution in [1.82, 2.24) is 14.9 Å². The van der Waals surface area contributed by atoms with Crippen LogP contribution >= 0.6 is 11.6 Å². The van der Waals surface area contributed by atoms with Gasteiger partial charge in [0.25, 0.3) is 5.56 Å². The van der Waals surface area contributed by atoms with Gasteiger partial charge < -0.3 is 20.1 Å². The maximum Gasteiger partial charge on any atom is 0.416 e. The molecule has 3 aromatic rings. The van der Waals surface area contributed by atoms with Crippen LogP contribution in [0.4, 0.5) is 23.7 Å². The number of urea groups is 1. The van der Waals surface area contributed by atoms with E-state index in [0.29, 0.717) is 28.2 Å². The average Bonchev–Trinajstić information content (AvgIpc) is 2.75. The van der Waals surface area contributed by atoms with E-state index in [9.17, 15) is 22.8 Å². The van der Waals surface area contributed by atoms with E-state index in [4.69, 9.17) is 21.1 Å². The van der Waals surface area contributed by atoms with Gasteiger partial charge in [0.1, 0.15) is 5.82 Å². The van der Waals surface area contributed by atoms with Gasteiger partial charge in [-0.1, -0.05) is 11.6 Å². The standard InChI is InChI=1S/C21H20ClF3N4O4/c1-11-27-15-10-18(33-3)17(32-2)9-13(15)19(30)29(11)7-6-26-20(31)28-16-8-12(21(23,24)25)4-5-14(16)22/h4-5,8-10H,6-7H2,1-3H3,(H2,26,28,31). The van der Waals surface area contributed by atoms with Crippen LogP contribution in [0.3, 0.4) is 0 Å². The number of nitrogens with one attached hydrogen (secondary N) is 2. The first-order chi connectivity index (χ1) is 15.5. The van der Waals surface area contributed by atoms with E-state index in [1.54, 1.807) is 13.0 Å². The Morgan fingerprint density at radius 1 is 1.15 bits per heavy atom. The number of benzene rings is 2. The Bertz CT molecular complexity index is 1260. The first-order valence-corrected chi connectivity index (χ1v) is 9.97. The third kappa shape index (κ3) is 5.30. The minimum Gasteiger partial charge on any atom is -0.493 e. The minimum absolute atomic E-state index is 0.00361. The van der Waals surface area contributed by atoms with Gasteiger partial charge in [-0.25, -0.2) is 9.78 Å². The normalized spacial score (nSPS) is 11.4. The van der Waals surface area contributed by atoms with Crippen LogP contribution in [0.25, 0.3) is 10.9 Å². The summed E-state index contributed by atoms with van der Waals surface area (Å²) < 4.78 is 50.5. The van der Waals surface area contributed by atoms with E-state index in [0.717, 1.165) is 18.2 Å². The van der Waals surface area contributed by atoms with Gasteiger partial charge in [-0.15, -0.1) is 0 Å². The Kier molecular flexibility index (Phi) is 7.01. The van der Waals surface area contributed by atoms with Crippen molar-refractivity contribution in [3.63, 3.8) is 0 Å². The first kappa shape index (κ1) is 24.2. The number of hydrogen-bond acceptors (Lipinski definition) is 5. The van der Waals surface area contributed by atoms with Crippen LogP contribution in [0.2, 0.25) is 5.02 Å². The quantitative estimate of drug-likeness (QED) is 0.546. The zero-order valence-electron chi connectivity index (χ0n) is 17.8. The monoisotopic (exact) mass is 484 g/mol. The van der Waals surface area contributed by atoms with Crippen LogP contribution in [-0.4, -0.2) is 36.3 Å². The number of aryl methyl sites for hydroxylation is 1. The van der Waals surface area contributed by atoms with Crippen LogP contribution in [0.5, 0.6) is 11.5 Å². The molecule has 0 aliphatic carbocycles. The molecule has 2 N–H and O–H groups in total. The number of carbonyl (C=O) groups excluding carboxylic acids is 1. The third-order valence-electron chi connectivity index (χ3n) is 4.81. The minimum atomic E-state index is -4.58. The van der Waals surface area contributed by atoms with E-state index in [1.165, 1.54) is 24.9 Å². The Hall–Kier alpha value is -3.47. The zero-order chi connectivity index (χ0) is 24.3. The lowest BCUT2D eigenvalue weighted by Crippen LogP contribution is -2.34. The van der Waals surface area contributed by atoms with Crippen LogP contribution in [-0.2, 0) is 12.7 Å². The maximum atomic E-state index is 12.9. The molecule has 0 radical (unpaired) electrons. The predicted molar refractivity (Wildman–Crippen MR) is 117 cm³/mol. The number of hydrogen-bond donors (Lipinski definition) is 2. The fourth-order valence-corrected chi connectivity index (χ4v) is 3.33. The summed E-state index contributed by atoms with van der Waals surface area (Å²) in [7, 11) is 2.92. The van der Waals surface area contributed by atoms with Gasteiger partial charge in [0.05, 0.1) is 41.4 Å². The second kappa shape index (κ2) is 9.57. The Morgan fingerprint density at radius 3 is 2.45 bits per heavy atom. The lowest BCUT2D eigenvalue weighted by Gasteiger charge is -2.14. The largest absolute Gasteiger partial charge is 0.493 e. The van der Waals surface area contributed by atoms with Crippen LogP contribution < -0.4 is 25.7 Å². The van der Waals surface area contributed by atoms with Gasteiger partial charge >= 0.3 is 12.2 Å². The molecule has 1 aromatic heterocycles. The molecule has 1 heterocycles. The van der Waals surface area contributed by atoms with Crippen LogP contribution in [0.1, 0.15) is 11.4 Å². The summed E-state index contributed by atoms with van der Waals surface area (Å²) in [5.41, 5.74) is -1.05. The summed E-state index contributed by atoms with van der Waals surface area (Å²) >= 11 is 5.88. The molecule has 0 saturated carbocycles. The number of rotatable bonds is 6. The van der Waals surface area contributed by atoms with Crippen molar-refractivity contribution < 1.29 is 27.4 Å². The molecule has 0 bridgehead atoms. The summed E-state index contributed by atoms with van der Waals surface area (Å²) in [5.74, 6) is 1.21. The fraction of sp³-hybridized carbons (Fsp3) is 0.286. The highest BCUT2D eigenvalue weighted by Crippen LogP contribution is 2.34. The highest BCUT2D eigenvalue weighted by Gasteiger charge is 2.31. The number of nitrogens with zero attached hydrogens (tertiary/aromatic N) is 2. The Labute approximate surface area is 191 Å². The van der Waals surface area contributed by atoms with Gasteiger partial charge in [0.2, 0.25) is 0 Å². The number of alkyl halides is 3. The van der Waals surface area contributed by atoms with E-state index < -0.39 is 17.8 Å². The molecule has 0 fully saturated rings. The molecule has 3 rings (SSSR count). The molecule has 0 aliphatic heterocycles. The molecule has 12 heteroatoms. The summed E-state index contributed by atoms with van der Waals surface area (Å²) in [4.78, 5) is 29.5. The molecule has 33 heavy (non-hydrogen) atoms. The number of amides is 2. The van der Waals surface area contributed by atoms with Crippen molar-refractivity contribution in [2.75, 3.05) is 26.1 Å². The lowest BCUT2D eigenvalue weighted by atomic mass is 10.2. The zero-order valence-corrected chi connectivity index (χ0v) is 18.6. The number of fused-ring (bicyclic) bond motifs is 1. The molecule has 2 amide bonds. The van der Waals surface area contributed by atoms with Crippen molar-refractivity contribution in [2.24, 2.45) is 0 Å². The molecular weight excluding hydrogens is 465 g/mol. The average molecular weight is 485 g/mol. The maximum absolute atomic E-state index is 12.9. The summed E-state index contributed by atoms with van der Waals surface area (Å²) in [5, 5.41) is 5.02. The smallest absolute Gasteiger partial charge is 0.416 e. The van der Waals surface area contributed by atoms with Crippen molar-refractivity contribution in [2.45, 2.75) is 19.6 Å². The topological polar surface area (TPSA) is 94.5 Å². The molecule has 0 spiro atoms. The van der Waals surface area contributed by atoms with Crippen molar-refractivity contribution in [3.8, 4) is 11.5 Å². The molecule has 0 atom stereocenters. The van der Waals surface area contributed by atoms with Crippen LogP contribution in [0.15, 0.2) is 35.1 Å². The molecule has 0 saturated heterocycles. The lowest BCUT2D eigenvalue weighted by molar-refractivity contribution is -0.137. The number of methoxy groups -OCH3 is 2. The van der Waals surface area contributed by atoms with E-state index in [-0.39, 0.29) is 29.4 Å². The first-order valence-electron chi connectivity index (χ1n) is 9.60. The summed E-state index contributed by atoms with van der Waals surface area (Å²) in [6, 6.07) is 4.95. The van der Waals surface area contributed by atoms with Gasteiger partial charge in [-0.2, -0.15) is 13.2 Å². The van der Waals surface area contributed by atoms with Crippen molar-refractivity contribution in [1.29, 1.82) is 0 Å². The van der Waals surface area contributed by atoms with Gasteiger partial charge in [-0.3, -0.25) is 9.36 Å². The van der Waals surface area contributed by atoms with Crippen molar-refractivity contribution in [3.05, 3.63) is 57.1 Å². The second-order valence-electron chi connectivity index (χ2n) is 6.91. The molecule has 0 unspecified atom stereocenters. The molecule has 0 aliphatic rings. The number of aromatic nitrogens is 2. The number of anilines is 1. The summed E-state index contributed by atoms with van der Waals surface area (Å²) in [6.07, 6.45) is -4.58. The van der Waals surface area contributed by atoms with E-state index in [2.05, 4.69) is 15.6 Å². The van der Waals surface area contributed by atoms with E-state index in [1.807, 2.05) is 0 Å². The van der Waals surface area contributed by atoms with E-state index >= 15 is 0 Å². The SMILES string of the molecule is COc1cc2nc(C)n(CCNC(=O)Nc3cc(C(F)(F)F)ccc3Cl)c(=O)c2cc1OC. The fourth-order valence-electron chi connectivity index (χ4n) is 3.17. The molecule has 2 aromatic carbocycles. The highest BCUT2D eigenvalue weighted by atomic mass is 35.5. The van der Waals surface area contributed by atoms with Crippen molar-refractivity contribution >= 4 is 34.2 Å². The molecular formula is C21H20ClF3N4O4. The molecule has 176 valence electrons. The van der Waals surface area contributed by atoms with Gasteiger partial charge in [0, 0.05) is 19.2 Å². The highest BCUT2D eigenvalue weighted by molar-refractivity contribution is 6.33. The van der Waals surface area contributed by atoms with Gasteiger partial charge in [0.15, 0.2) is 11.5 Å². The van der Waals surface area contributed by atoms with Gasteiger partial charge in [-0.05, 0) is 31.2 Å². The number of carbonyl (C=O) groups is 1. The number of ether oxygens (including phenoxy) is 2. The van der Waals surface area contributed by atoms with Crippen LogP contribution in [0, 0.1) is 6.92 Å². The Balaban J connectivity index is 1.73. The Morgan fingerprint density at radius 2 is 1.82 bits per heavy atom. The molecule has 8 nitrogen and oxygen atoms in total. The summed E-state index contributed by atoms with van der Waals surface area (Å²) in [6.45, 7) is 1.72. The number of halogens is 4.